The lowest BCUT2D eigenvalue weighted by Crippen LogP contribution is -2.37. The first-order valence-electron chi connectivity index (χ1n) is 10.4. The Morgan fingerprint density at radius 2 is 1.90 bits per heavy atom. The second-order valence-corrected chi connectivity index (χ2v) is 8.19. The van der Waals surface area contributed by atoms with Crippen molar-refractivity contribution in [1.82, 2.24) is 19.6 Å². The van der Waals surface area contributed by atoms with Gasteiger partial charge in [0.1, 0.15) is 5.15 Å². The van der Waals surface area contributed by atoms with Gasteiger partial charge in [-0.15, -0.1) is 0 Å². The van der Waals surface area contributed by atoms with Gasteiger partial charge in [0, 0.05) is 44.4 Å². The van der Waals surface area contributed by atoms with Crippen molar-refractivity contribution >= 4 is 29.7 Å². The minimum Gasteiger partial charge on any atom is -0.449 e. The second kappa shape index (κ2) is 11.2. The molecule has 0 atom stereocenters. The van der Waals surface area contributed by atoms with Gasteiger partial charge >= 0.3 is 6.09 Å². The standard InChI is InChI=1S/C21H33ClN4O3/c1-5-6-12-26-20(22)18(17(4)23-26)8-9-19(27)24-10-7-11-25(14-13-24)21(28)29-15-16(2)3/h8-9,16H,5-7,10-15H2,1-4H3. The van der Waals surface area contributed by atoms with Gasteiger partial charge in [0.15, 0.2) is 0 Å². The topological polar surface area (TPSA) is 67.7 Å². The fraction of sp³-hybridized carbons (Fsp3) is 0.667. The summed E-state index contributed by atoms with van der Waals surface area (Å²) in [5.41, 5.74) is 1.59. The highest BCUT2D eigenvalue weighted by molar-refractivity contribution is 6.31. The van der Waals surface area contributed by atoms with Crippen molar-refractivity contribution in [2.75, 3.05) is 32.8 Å². The van der Waals surface area contributed by atoms with Crippen LogP contribution in [0.2, 0.25) is 5.15 Å². The van der Waals surface area contributed by atoms with Gasteiger partial charge in [0.25, 0.3) is 0 Å². The van der Waals surface area contributed by atoms with Crippen molar-refractivity contribution in [1.29, 1.82) is 0 Å². The van der Waals surface area contributed by atoms with Crippen LogP contribution in [0.1, 0.15) is 51.3 Å². The summed E-state index contributed by atoms with van der Waals surface area (Å²) in [6, 6.07) is 0. The Morgan fingerprint density at radius 1 is 1.21 bits per heavy atom. The number of ether oxygens (including phenoxy) is 1. The van der Waals surface area contributed by atoms with Crippen molar-refractivity contribution in [2.24, 2.45) is 5.92 Å². The summed E-state index contributed by atoms with van der Waals surface area (Å²) in [5.74, 6) is 0.218. The van der Waals surface area contributed by atoms with Crippen LogP contribution in [0.5, 0.6) is 0 Å². The minimum atomic E-state index is -0.301. The average molecular weight is 425 g/mol. The molecule has 1 aromatic rings. The van der Waals surface area contributed by atoms with Crippen LogP contribution in [0.3, 0.4) is 0 Å². The molecule has 1 aromatic heterocycles. The zero-order valence-corrected chi connectivity index (χ0v) is 18.7. The van der Waals surface area contributed by atoms with Crippen LogP contribution in [0.15, 0.2) is 6.08 Å². The molecule has 1 aliphatic rings. The van der Waals surface area contributed by atoms with Crippen LogP contribution in [0.4, 0.5) is 4.79 Å². The summed E-state index contributed by atoms with van der Waals surface area (Å²) >= 11 is 6.43. The Labute approximate surface area is 178 Å². The molecule has 29 heavy (non-hydrogen) atoms. The molecule has 2 rings (SSSR count). The van der Waals surface area contributed by atoms with Crippen molar-refractivity contribution < 1.29 is 14.3 Å². The molecule has 0 aromatic carbocycles. The molecule has 0 unspecified atom stereocenters. The van der Waals surface area contributed by atoms with Crippen LogP contribution in [0, 0.1) is 12.8 Å². The lowest BCUT2D eigenvalue weighted by atomic mass is 10.2. The number of aromatic nitrogens is 2. The van der Waals surface area contributed by atoms with Gasteiger partial charge in [-0.3, -0.25) is 9.48 Å². The third-order valence-electron chi connectivity index (χ3n) is 4.83. The highest BCUT2D eigenvalue weighted by Gasteiger charge is 2.22. The minimum absolute atomic E-state index is 0.0841. The number of hydrogen-bond donors (Lipinski definition) is 0. The molecule has 0 aliphatic carbocycles. The number of rotatable bonds is 7. The predicted octanol–water partition coefficient (Wildman–Crippen LogP) is 3.99. The van der Waals surface area contributed by atoms with Crippen LogP contribution < -0.4 is 0 Å². The van der Waals surface area contributed by atoms with Crippen LogP contribution >= 0.6 is 11.6 Å². The molecule has 0 N–H and O–H groups in total. The van der Waals surface area contributed by atoms with Crippen molar-refractivity contribution in [3.63, 3.8) is 0 Å². The maximum absolute atomic E-state index is 12.7. The molecule has 0 bridgehead atoms. The first kappa shape index (κ1) is 23.3. The number of nitrogens with zero attached hydrogens (tertiary/aromatic N) is 4. The van der Waals surface area contributed by atoms with E-state index in [-0.39, 0.29) is 12.0 Å². The van der Waals surface area contributed by atoms with Crippen LogP contribution in [-0.2, 0) is 16.1 Å². The van der Waals surface area contributed by atoms with E-state index in [9.17, 15) is 9.59 Å². The smallest absolute Gasteiger partial charge is 0.409 e. The van der Waals surface area contributed by atoms with E-state index in [0.717, 1.165) is 37.1 Å². The molecular weight excluding hydrogens is 392 g/mol. The van der Waals surface area contributed by atoms with E-state index in [1.54, 1.807) is 26.6 Å². The van der Waals surface area contributed by atoms with Gasteiger partial charge in [-0.05, 0) is 31.8 Å². The first-order valence-corrected chi connectivity index (χ1v) is 10.8. The molecule has 1 saturated heterocycles. The summed E-state index contributed by atoms with van der Waals surface area (Å²) in [6.07, 6.45) is 5.79. The van der Waals surface area contributed by atoms with Crippen molar-refractivity contribution in [3.05, 3.63) is 22.5 Å². The van der Waals surface area contributed by atoms with E-state index in [4.69, 9.17) is 16.3 Å². The molecule has 2 heterocycles. The quantitative estimate of drug-likeness (QED) is 0.621. The van der Waals surface area contributed by atoms with Crippen molar-refractivity contribution in [2.45, 2.75) is 53.5 Å². The summed E-state index contributed by atoms with van der Waals surface area (Å²) in [4.78, 5) is 28.2. The molecule has 1 aliphatic heterocycles. The van der Waals surface area contributed by atoms with Crippen molar-refractivity contribution in [3.8, 4) is 0 Å². The zero-order chi connectivity index (χ0) is 21.4. The maximum atomic E-state index is 12.7. The third-order valence-corrected chi connectivity index (χ3v) is 5.23. The van der Waals surface area contributed by atoms with E-state index in [0.29, 0.717) is 43.9 Å². The average Bonchev–Trinajstić information content (AvgIpc) is 2.86. The Hall–Kier alpha value is -2.02. The predicted molar refractivity (Wildman–Crippen MR) is 115 cm³/mol. The summed E-state index contributed by atoms with van der Waals surface area (Å²) in [6.45, 7) is 11.4. The van der Waals surface area contributed by atoms with Gasteiger partial charge in [-0.25, -0.2) is 4.79 Å². The molecule has 8 heteroatoms. The molecule has 0 radical (unpaired) electrons. The van der Waals surface area contributed by atoms with E-state index in [2.05, 4.69) is 12.0 Å². The second-order valence-electron chi connectivity index (χ2n) is 7.84. The number of halogens is 1. The fourth-order valence-corrected chi connectivity index (χ4v) is 3.44. The summed E-state index contributed by atoms with van der Waals surface area (Å²) in [5, 5.41) is 5.03. The summed E-state index contributed by atoms with van der Waals surface area (Å²) in [7, 11) is 0. The number of hydrogen-bond acceptors (Lipinski definition) is 4. The fourth-order valence-electron chi connectivity index (χ4n) is 3.12. The number of carbonyl (C=O) groups excluding carboxylic acids is 2. The van der Waals surface area contributed by atoms with Gasteiger partial charge in [0.05, 0.1) is 12.3 Å². The Balaban J connectivity index is 1.94. The van der Waals surface area contributed by atoms with Gasteiger partial charge in [-0.2, -0.15) is 5.10 Å². The van der Waals surface area contributed by atoms with E-state index in [1.165, 1.54) is 0 Å². The molecule has 0 spiro atoms. The zero-order valence-electron chi connectivity index (χ0n) is 18.0. The third kappa shape index (κ3) is 6.77. The van der Waals surface area contributed by atoms with Gasteiger partial charge < -0.3 is 14.5 Å². The number of carbonyl (C=O) groups is 2. The lowest BCUT2D eigenvalue weighted by molar-refractivity contribution is -0.125. The number of unbranched alkanes of at least 4 members (excludes halogenated alkanes) is 1. The maximum Gasteiger partial charge on any atom is 0.409 e. The SMILES string of the molecule is CCCCn1nc(C)c(C=CC(=O)N2CCCN(C(=O)OCC(C)C)CC2)c1Cl. The van der Waals surface area contributed by atoms with Gasteiger partial charge in [-0.1, -0.05) is 38.8 Å². The van der Waals surface area contributed by atoms with E-state index in [1.807, 2.05) is 20.8 Å². The Morgan fingerprint density at radius 3 is 2.59 bits per heavy atom. The van der Waals surface area contributed by atoms with E-state index >= 15 is 0 Å². The molecule has 0 saturated carbocycles. The molecule has 162 valence electrons. The Bertz CT molecular complexity index is 730. The highest BCUT2D eigenvalue weighted by Crippen LogP contribution is 2.22. The van der Waals surface area contributed by atoms with Crippen LogP contribution in [-0.4, -0.2) is 64.4 Å². The van der Waals surface area contributed by atoms with Gasteiger partial charge in [0.2, 0.25) is 5.91 Å². The lowest BCUT2D eigenvalue weighted by Gasteiger charge is -2.21. The number of amides is 2. The Kier molecular flexibility index (Phi) is 9.01. The number of aryl methyl sites for hydroxylation is 2. The van der Waals surface area contributed by atoms with E-state index < -0.39 is 0 Å². The first-order chi connectivity index (χ1) is 13.8. The summed E-state index contributed by atoms with van der Waals surface area (Å²) < 4.78 is 7.09. The normalized spacial score (nSPS) is 15.2. The highest BCUT2D eigenvalue weighted by atomic mass is 35.5. The largest absolute Gasteiger partial charge is 0.449 e. The molecule has 2 amide bonds. The monoisotopic (exact) mass is 424 g/mol. The molecule has 1 fully saturated rings. The molecule has 7 nitrogen and oxygen atoms in total. The van der Waals surface area contributed by atoms with Crippen LogP contribution in [0.25, 0.3) is 6.08 Å². The molecular formula is C21H33ClN4O3.